The average molecular weight is 987 g/mol. The molecule has 16 aromatic rings. The van der Waals surface area contributed by atoms with E-state index >= 15 is 0 Å². The van der Waals surface area contributed by atoms with Gasteiger partial charge in [0.05, 0.1) is 72.3 Å². The number of furan rings is 1. The van der Waals surface area contributed by atoms with Crippen LogP contribution in [0.25, 0.3) is 143 Å². The lowest BCUT2D eigenvalue weighted by atomic mass is 9.91. The highest BCUT2D eigenvalue weighted by Crippen LogP contribution is 2.53. The summed E-state index contributed by atoms with van der Waals surface area (Å²) < 4.78 is 16.6. The molecule has 0 radical (unpaired) electrons. The standard InChI is InChI=1S/C70H46N6O/c1-40-26-30-48-44-15-5-9-20-54(44)73(58(48)35-40)67-53(39-71)68(74-55-21-10-6-16-45(55)49-31-27-41(2)36-59(49)74)70(76-57-23-12-8-18-47(57)51-33-29-43(4)38-61(51)76)65(52-19-13-24-62-64(52)66-63(77-62)25-14-34-72-66)69(67)75-56-22-11-7-17-46(56)50-32-28-42(3)37-60(50)75/h5-38H,1-4H3. The number of hydrogen-bond donors (Lipinski definition) is 0. The van der Waals surface area contributed by atoms with Crippen molar-refractivity contribution < 1.29 is 4.42 Å². The predicted octanol–water partition coefficient (Wildman–Crippen LogP) is 18.1. The highest BCUT2D eigenvalue weighted by atomic mass is 16.3. The van der Waals surface area contributed by atoms with E-state index < -0.39 is 0 Å². The van der Waals surface area contributed by atoms with Gasteiger partial charge in [-0.05, 0) is 122 Å². The van der Waals surface area contributed by atoms with E-state index in [1.807, 2.05) is 18.3 Å². The Morgan fingerprint density at radius 3 is 1.13 bits per heavy atom. The van der Waals surface area contributed by atoms with Crippen LogP contribution in [0, 0.1) is 39.0 Å². The third-order valence-corrected chi connectivity index (χ3v) is 16.2. The van der Waals surface area contributed by atoms with Crippen LogP contribution in [0.4, 0.5) is 0 Å². The fraction of sp³-hybridized carbons (Fsp3) is 0.0571. The molecule has 77 heavy (non-hydrogen) atoms. The van der Waals surface area contributed by atoms with Crippen molar-refractivity contribution in [2.75, 3.05) is 0 Å². The van der Waals surface area contributed by atoms with E-state index in [0.717, 1.165) is 160 Å². The van der Waals surface area contributed by atoms with Crippen molar-refractivity contribution in [3.8, 4) is 39.9 Å². The molecule has 7 heteroatoms. The lowest BCUT2D eigenvalue weighted by molar-refractivity contribution is 0.668. The maximum Gasteiger partial charge on any atom is 0.153 e. The maximum atomic E-state index is 13.0. The van der Waals surface area contributed by atoms with Gasteiger partial charge in [-0.1, -0.05) is 133 Å². The summed E-state index contributed by atoms with van der Waals surface area (Å²) in [6, 6.07) is 75.3. The Balaban J connectivity index is 1.31. The molecule has 0 saturated carbocycles. The molecule has 16 rings (SSSR count). The van der Waals surface area contributed by atoms with E-state index in [1.165, 1.54) is 0 Å². The molecule has 0 spiro atoms. The van der Waals surface area contributed by atoms with Gasteiger partial charge in [-0.2, -0.15) is 5.26 Å². The summed E-state index contributed by atoms with van der Waals surface area (Å²) >= 11 is 0. The molecule has 0 unspecified atom stereocenters. The van der Waals surface area contributed by atoms with E-state index in [-0.39, 0.29) is 0 Å². The number of benzene rings is 10. The van der Waals surface area contributed by atoms with Crippen LogP contribution in [-0.4, -0.2) is 23.3 Å². The van der Waals surface area contributed by atoms with Gasteiger partial charge < -0.3 is 22.7 Å². The van der Waals surface area contributed by atoms with E-state index in [9.17, 15) is 5.26 Å². The Hall–Kier alpha value is -10.2. The molecular weight excluding hydrogens is 941 g/mol. The van der Waals surface area contributed by atoms with Crippen molar-refractivity contribution in [2.24, 2.45) is 0 Å². The molecule has 0 aliphatic heterocycles. The first-order valence-corrected chi connectivity index (χ1v) is 26.3. The van der Waals surface area contributed by atoms with Crippen LogP contribution in [0.15, 0.2) is 211 Å². The van der Waals surface area contributed by atoms with Crippen molar-refractivity contribution in [3.05, 3.63) is 234 Å². The lowest BCUT2D eigenvalue weighted by Crippen LogP contribution is -2.16. The SMILES string of the molecule is Cc1ccc2c3ccccc3n(-c3c(C#N)c(-n4c5ccccc5c5ccc(C)cc54)c(-n4c5ccccc5c5ccc(C)cc54)c(-c4cccc5oc6cccnc6c45)c3-n3c4ccccc4c4ccc(C)cc43)c2c1. The van der Waals surface area contributed by atoms with Gasteiger partial charge in [0, 0.05) is 54.9 Å². The second-order valence-electron chi connectivity index (χ2n) is 20.9. The minimum atomic E-state index is 0.520. The van der Waals surface area contributed by atoms with Gasteiger partial charge in [0.1, 0.15) is 22.7 Å². The largest absolute Gasteiger partial charge is 0.454 e. The number of aromatic nitrogens is 5. The number of pyridine rings is 1. The summed E-state index contributed by atoms with van der Waals surface area (Å²) in [5.74, 6) is 0. The van der Waals surface area contributed by atoms with Gasteiger partial charge >= 0.3 is 0 Å². The van der Waals surface area contributed by atoms with Crippen molar-refractivity contribution in [3.63, 3.8) is 0 Å². The van der Waals surface area contributed by atoms with Crippen molar-refractivity contribution >= 4 is 109 Å². The van der Waals surface area contributed by atoms with Gasteiger partial charge in [0.15, 0.2) is 5.58 Å². The molecule has 6 heterocycles. The molecule has 0 atom stereocenters. The molecule has 0 aliphatic rings. The fourth-order valence-electron chi connectivity index (χ4n) is 13.1. The zero-order valence-electron chi connectivity index (χ0n) is 42.7. The molecule has 362 valence electrons. The number of fused-ring (bicyclic) bond motifs is 15. The Labute approximate surface area is 441 Å². The topological polar surface area (TPSA) is 69.5 Å². The van der Waals surface area contributed by atoms with Crippen LogP contribution < -0.4 is 0 Å². The Bertz CT molecular complexity index is 5030. The average Bonchev–Trinajstić information content (AvgIpc) is 4.47. The molecule has 6 aromatic heterocycles. The predicted molar refractivity (Wildman–Crippen MR) is 318 cm³/mol. The van der Waals surface area contributed by atoms with Crippen molar-refractivity contribution in [1.29, 1.82) is 5.26 Å². The molecule has 0 saturated heterocycles. The molecule has 7 nitrogen and oxygen atoms in total. The van der Waals surface area contributed by atoms with E-state index in [2.05, 4.69) is 240 Å². The normalized spacial score (nSPS) is 12.1. The second-order valence-corrected chi connectivity index (χ2v) is 20.9. The van der Waals surface area contributed by atoms with Crippen LogP contribution >= 0.6 is 0 Å². The van der Waals surface area contributed by atoms with Crippen molar-refractivity contribution in [1.82, 2.24) is 23.3 Å². The fourth-order valence-corrected chi connectivity index (χ4v) is 13.1. The summed E-state index contributed by atoms with van der Waals surface area (Å²) in [6.45, 7) is 8.66. The molecule has 10 aromatic carbocycles. The molecule has 0 bridgehead atoms. The van der Waals surface area contributed by atoms with Crippen LogP contribution in [0.2, 0.25) is 0 Å². The first-order valence-electron chi connectivity index (χ1n) is 26.3. The number of nitriles is 1. The third-order valence-electron chi connectivity index (χ3n) is 16.2. The quantitative estimate of drug-likeness (QED) is 0.172. The van der Waals surface area contributed by atoms with Gasteiger partial charge in [0.25, 0.3) is 0 Å². The zero-order valence-corrected chi connectivity index (χ0v) is 42.7. The number of hydrogen-bond acceptors (Lipinski definition) is 3. The summed E-state index contributed by atoms with van der Waals surface area (Å²) in [5, 5.41) is 22.7. The van der Waals surface area contributed by atoms with Crippen LogP contribution in [0.5, 0.6) is 0 Å². The maximum absolute atomic E-state index is 13.0. The summed E-state index contributed by atoms with van der Waals surface area (Å²) in [4.78, 5) is 5.15. The molecule has 0 fully saturated rings. The van der Waals surface area contributed by atoms with Crippen LogP contribution in [0.3, 0.4) is 0 Å². The first kappa shape index (κ1) is 43.3. The van der Waals surface area contributed by atoms with E-state index in [0.29, 0.717) is 11.1 Å². The third kappa shape index (κ3) is 5.92. The summed E-state index contributed by atoms with van der Waals surface area (Å²) in [6.07, 6.45) is 1.86. The van der Waals surface area contributed by atoms with Crippen LogP contribution in [0.1, 0.15) is 27.8 Å². The summed E-state index contributed by atoms with van der Waals surface area (Å²) in [7, 11) is 0. The lowest BCUT2D eigenvalue weighted by Gasteiger charge is -2.29. The van der Waals surface area contributed by atoms with Gasteiger partial charge in [-0.15, -0.1) is 0 Å². The minimum absolute atomic E-state index is 0.520. The minimum Gasteiger partial charge on any atom is -0.454 e. The summed E-state index contributed by atoms with van der Waals surface area (Å²) in [5.41, 5.74) is 20.3. The number of rotatable bonds is 5. The number of para-hydroxylation sites is 4. The van der Waals surface area contributed by atoms with Gasteiger partial charge in [0.2, 0.25) is 0 Å². The highest BCUT2D eigenvalue weighted by molar-refractivity contribution is 6.20. The number of aryl methyl sites for hydroxylation is 4. The van der Waals surface area contributed by atoms with Gasteiger partial charge in [-0.25, -0.2) is 0 Å². The monoisotopic (exact) mass is 986 g/mol. The van der Waals surface area contributed by atoms with Gasteiger partial charge in [-0.3, -0.25) is 4.98 Å². The Kier molecular flexibility index (Phi) is 8.95. The highest BCUT2D eigenvalue weighted by Gasteiger charge is 2.36. The van der Waals surface area contributed by atoms with E-state index in [4.69, 9.17) is 9.40 Å². The smallest absolute Gasteiger partial charge is 0.153 e. The van der Waals surface area contributed by atoms with Crippen LogP contribution in [-0.2, 0) is 0 Å². The Morgan fingerprint density at radius 1 is 0.364 bits per heavy atom. The van der Waals surface area contributed by atoms with E-state index in [1.54, 1.807) is 0 Å². The first-order chi connectivity index (χ1) is 37.8. The molecule has 0 aliphatic carbocycles. The molecule has 0 N–H and O–H groups in total. The second kappa shape index (κ2) is 15.9. The molecule has 0 amide bonds. The number of nitrogens with zero attached hydrogens (tertiary/aromatic N) is 6. The molecular formula is C70H46N6O. The zero-order chi connectivity index (χ0) is 51.4. The van der Waals surface area contributed by atoms with Crippen molar-refractivity contribution in [2.45, 2.75) is 27.7 Å². The Morgan fingerprint density at radius 2 is 0.727 bits per heavy atom.